The summed E-state index contributed by atoms with van der Waals surface area (Å²) in [5.41, 5.74) is 1.00. The van der Waals surface area contributed by atoms with E-state index in [-0.39, 0.29) is 6.04 Å². The molecule has 0 saturated carbocycles. The number of halogens is 1. The second-order valence-corrected chi connectivity index (χ2v) is 5.08. The summed E-state index contributed by atoms with van der Waals surface area (Å²) in [5, 5.41) is 13.3. The van der Waals surface area contributed by atoms with E-state index in [1.54, 1.807) is 6.07 Å². The molecule has 1 saturated heterocycles. The highest BCUT2D eigenvalue weighted by molar-refractivity contribution is 9.10. The summed E-state index contributed by atoms with van der Waals surface area (Å²) in [6, 6.07) is 6.00. The van der Waals surface area contributed by atoms with E-state index in [1.807, 2.05) is 12.1 Å². The Bertz CT molecular complexity index is 364. The molecule has 0 radical (unpaired) electrons. The zero-order valence-corrected chi connectivity index (χ0v) is 11.0. The van der Waals surface area contributed by atoms with Crippen LogP contribution in [0.1, 0.15) is 18.5 Å². The predicted octanol–water partition coefficient (Wildman–Crippen LogP) is 2.12. The first kappa shape index (κ1) is 11.9. The Hall–Kier alpha value is -0.580. The topological polar surface area (TPSA) is 35.5 Å². The highest BCUT2D eigenvalue weighted by Crippen LogP contribution is 2.30. The summed E-state index contributed by atoms with van der Waals surface area (Å²) in [6.07, 6.45) is 0. The molecule has 1 aromatic carbocycles. The normalized spacial score (nSPS) is 19.6. The van der Waals surface area contributed by atoms with E-state index >= 15 is 0 Å². The van der Waals surface area contributed by atoms with E-state index in [0.29, 0.717) is 5.75 Å². The second-order valence-electron chi connectivity index (χ2n) is 4.17. The first-order chi connectivity index (χ1) is 7.68. The number of nitrogens with one attached hydrogen (secondary N) is 1. The zero-order chi connectivity index (χ0) is 11.5. The Morgan fingerprint density at radius 3 is 2.69 bits per heavy atom. The molecule has 0 aromatic heterocycles. The van der Waals surface area contributed by atoms with Crippen molar-refractivity contribution in [2.24, 2.45) is 0 Å². The van der Waals surface area contributed by atoms with E-state index in [0.717, 1.165) is 36.2 Å². The van der Waals surface area contributed by atoms with Crippen molar-refractivity contribution in [3.63, 3.8) is 0 Å². The molecule has 1 aliphatic heterocycles. The summed E-state index contributed by atoms with van der Waals surface area (Å²) in [5.74, 6) is 0.375. The van der Waals surface area contributed by atoms with Crippen LogP contribution in [0.5, 0.6) is 5.75 Å². The lowest BCUT2D eigenvalue weighted by molar-refractivity contribution is 0.183. The number of phenolic OH excluding ortho intramolecular Hbond substituents is 1. The van der Waals surface area contributed by atoms with Gasteiger partial charge in [0.15, 0.2) is 0 Å². The summed E-state index contributed by atoms with van der Waals surface area (Å²) >= 11 is 3.36. The van der Waals surface area contributed by atoms with Crippen LogP contribution >= 0.6 is 15.9 Å². The molecule has 2 rings (SSSR count). The Morgan fingerprint density at radius 1 is 1.38 bits per heavy atom. The Balaban J connectivity index is 2.15. The van der Waals surface area contributed by atoms with Crippen molar-refractivity contribution in [2.45, 2.75) is 13.0 Å². The molecule has 0 unspecified atom stereocenters. The molecule has 1 aliphatic rings. The number of rotatable bonds is 2. The lowest BCUT2D eigenvalue weighted by Gasteiger charge is -2.33. The second kappa shape index (κ2) is 5.17. The van der Waals surface area contributed by atoms with E-state index in [9.17, 15) is 5.11 Å². The first-order valence-corrected chi connectivity index (χ1v) is 6.41. The van der Waals surface area contributed by atoms with E-state index in [4.69, 9.17) is 0 Å². The van der Waals surface area contributed by atoms with Gasteiger partial charge in [-0.2, -0.15) is 0 Å². The Labute approximate surface area is 105 Å². The highest BCUT2D eigenvalue weighted by atomic mass is 79.9. The summed E-state index contributed by atoms with van der Waals surface area (Å²) in [6.45, 7) is 6.28. The third kappa shape index (κ3) is 2.56. The molecule has 0 aliphatic carbocycles. The molecule has 3 nitrogen and oxygen atoms in total. The van der Waals surface area contributed by atoms with Crippen LogP contribution in [-0.4, -0.2) is 36.2 Å². The fraction of sp³-hybridized carbons (Fsp3) is 0.500. The molecule has 16 heavy (non-hydrogen) atoms. The van der Waals surface area contributed by atoms with Crippen LogP contribution in [-0.2, 0) is 0 Å². The van der Waals surface area contributed by atoms with E-state index in [2.05, 4.69) is 33.1 Å². The fourth-order valence-corrected chi connectivity index (χ4v) is 2.49. The highest BCUT2D eigenvalue weighted by Gasteiger charge is 2.20. The van der Waals surface area contributed by atoms with Crippen molar-refractivity contribution in [3.05, 3.63) is 28.2 Å². The number of phenols is 1. The molecule has 0 spiro atoms. The van der Waals surface area contributed by atoms with Crippen LogP contribution in [0.3, 0.4) is 0 Å². The number of piperazine rings is 1. The summed E-state index contributed by atoms with van der Waals surface area (Å²) in [7, 11) is 0. The molecule has 0 bridgehead atoms. The predicted molar refractivity (Wildman–Crippen MR) is 68.7 cm³/mol. The van der Waals surface area contributed by atoms with Gasteiger partial charge < -0.3 is 10.4 Å². The SMILES string of the molecule is C[C@@H](c1ccc(Br)cc1O)N1CCNCC1. The van der Waals surface area contributed by atoms with Crippen molar-refractivity contribution in [1.29, 1.82) is 0 Å². The van der Waals surface area contributed by atoms with Crippen LogP contribution in [0.4, 0.5) is 0 Å². The summed E-state index contributed by atoms with van der Waals surface area (Å²) in [4.78, 5) is 2.39. The standard InChI is InChI=1S/C12H17BrN2O/c1-9(15-6-4-14-5-7-15)11-3-2-10(13)8-12(11)16/h2-3,8-9,14,16H,4-7H2,1H3/t9-/m0/s1. The molecule has 0 amide bonds. The third-order valence-corrected chi connectivity index (χ3v) is 3.64. The minimum atomic E-state index is 0.273. The third-order valence-electron chi connectivity index (χ3n) is 3.14. The molecule has 88 valence electrons. The average molecular weight is 285 g/mol. The number of hydrogen-bond acceptors (Lipinski definition) is 3. The van der Waals surface area contributed by atoms with Gasteiger partial charge in [0.05, 0.1) is 0 Å². The average Bonchev–Trinajstić information content (AvgIpc) is 2.29. The van der Waals surface area contributed by atoms with Gasteiger partial charge >= 0.3 is 0 Å². The van der Waals surface area contributed by atoms with Crippen LogP contribution in [0.25, 0.3) is 0 Å². The largest absolute Gasteiger partial charge is 0.508 e. The van der Waals surface area contributed by atoms with Crippen molar-refractivity contribution in [1.82, 2.24) is 10.2 Å². The number of hydrogen-bond donors (Lipinski definition) is 2. The van der Waals surface area contributed by atoms with Gasteiger partial charge in [0, 0.05) is 42.3 Å². The quantitative estimate of drug-likeness (QED) is 0.873. The lowest BCUT2D eigenvalue weighted by atomic mass is 10.1. The van der Waals surface area contributed by atoms with Gasteiger partial charge in [-0.3, -0.25) is 4.90 Å². The molecule has 2 N–H and O–H groups in total. The maximum Gasteiger partial charge on any atom is 0.121 e. The monoisotopic (exact) mass is 284 g/mol. The number of benzene rings is 1. The van der Waals surface area contributed by atoms with Crippen LogP contribution in [0.15, 0.2) is 22.7 Å². The number of aromatic hydroxyl groups is 1. The molecule has 4 heteroatoms. The van der Waals surface area contributed by atoms with Gasteiger partial charge in [-0.15, -0.1) is 0 Å². The van der Waals surface area contributed by atoms with Gasteiger partial charge in [0.1, 0.15) is 5.75 Å². The maximum atomic E-state index is 9.92. The smallest absolute Gasteiger partial charge is 0.121 e. The van der Waals surface area contributed by atoms with Crippen LogP contribution in [0.2, 0.25) is 0 Å². The summed E-state index contributed by atoms with van der Waals surface area (Å²) < 4.78 is 0.918. The molecular formula is C12H17BrN2O. The fourth-order valence-electron chi connectivity index (χ4n) is 2.14. The van der Waals surface area contributed by atoms with Crippen molar-refractivity contribution < 1.29 is 5.11 Å². The Kier molecular flexibility index (Phi) is 3.84. The van der Waals surface area contributed by atoms with Crippen LogP contribution in [0, 0.1) is 0 Å². The Morgan fingerprint density at radius 2 is 2.06 bits per heavy atom. The molecule has 1 fully saturated rings. The molecule has 1 atom stereocenters. The van der Waals surface area contributed by atoms with Gasteiger partial charge in [0.2, 0.25) is 0 Å². The molecule has 1 aromatic rings. The van der Waals surface area contributed by atoms with Gasteiger partial charge in [-0.1, -0.05) is 22.0 Å². The minimum Gasteiger partial charge on any atom is -0.508 e. The van der Waals surface area contributed by atoms with Crippen molar-refractivity contribution >= 4 is 15.9 Å². The molecule has 1 heterocycles. The van der Waals surface area contributed by atoms with Gasteiger partial charge in [-0.05, 0) is 19.1 Å². The van der Waals surface area contributed by atoms with Gasteiger partial charge in [0.25, 0.3) is 0 Å². The lowest BCUT2D eigenvalue weighted by Crippen LogP contribution is -2.44. The minimum absolute atomic E-state index is 0.273. The zero-order valence-electron chi connectivity index (χ0n) is 9.41. The van der Waals surface area contributed by atoms with Crippen molar-refractivity contribution in [2.75, 3.05) is 26.2 Å². The molecular weight excluding hydrogens is 268 g/mol. The van der Waals surface area contributed by atoms with Crippen molar-refractivity contribution in [3.8, 4) is 5.75 Å². The maximum absolute atomic E-state index is 9.92. The van der Waals surface area contributed by atoms with E-state index in [1.165, 1.54) is 0 Å². The van der Waals surface area contributed by atoms with Gasteiger partial charge in [-0.25, -0.2) is 0 Å². The number of nitrogens with zero attached hydrogens (tertiary/aromatic N) is 1. The van der Waals surface area contributed by atoms with Crippen LogP contribution < -0.4 is 5.32 Å². The van der Waals surface area contributed by atoms with E-state index < -0.39 is 0 Å². The first-order valence-electron chi connectivity index (χ1n) is 5.61.